The van der Waals surface area contributed by atoms with E-state index in [1.807, 2.05) is 11.1 Å². The standard InChI is InChI=1S/C12H15N5O2/c1-15-4-6-16(7-5-15)14-11-3-2-10(9-13)12(8-11)17(18)19/h2-3,8,14H,4-7H2,1H3. The Labute approximate surface area is 111 Å². The van der Waals surface area contributed by atoms with Gasteiger partial charge in [-0.2, -0.15) is 5.26 Å². The first-order valence-corrected chi connectivity index (χ1v) is 5.99. The van der Waals surface area contributed by atoms with Gasteiger partial charge in [-0.05, 0) is 19.2 Å². The van der Waals surface area contributed by atoms with Gasteiger partial charge in [0.1, 0.15) is 11.6 Å². The number of nitro benzene ring substituents is 1. The molecule has 0 unspecified atom stereocenters. The third-order valence-electron chi connectivity index (χ3n) is 3.11. The zero-order chi connectivity index (χ0) is 13.8. The van der Waals surface area contributed by atoms with E-state index >= 15 is 0 Å². The zero-order valence-corrected chi connectivity index (χ0v) is 10.7. The van der Waals surface area contributed by atoms with Crippen molar-refractivity contribution in [2.24, 2.45) is 0 Å². The molecule has 1 heterocycles. The Morgan fingerprint density at radius 2 is 2.05 bits per heavy atom. The molecular formula is C12H15N5O2. The summed E-state index contributed by atoms with van der Waals surface area (Å²) in [7, 11) is 2.06. The van der Waals surface area contributed by atoms with Gasteiger partial charge >= 0.3 is 0 Å². The first kappa shape index (κ1) is 13.3. The largest absolute Gasteiger partial charge is 0.319 e. The van der Waals surface area contributed by atoms with Crippen molar-refractivity contribution in [2.75, 3.05) is 38.7 Å². The topological polar surface area (TPSA) is 85.4 Å². The van der Waals surface area contributed by atoms with Crippen LogP contribution in [0, 0.1) is 21.4 Å². The van der Waals surface area contributed by atoms with Crippen molar-refractivity contribution in [3.8, 4) is 6.07 Å². The summed E-state index contributed by atoms with van der Waals surface area (Å²) in [5.74, 6) is 0. The summed E-state index contributed by atoms with van der Waals surface area (Å²) in [5, 5.41) is 21.7. The monoisotopic (exact) mass is 261 g/mol. The summed E-state index contributed by atoms with van der Waals surface area (Å²) in [6.45, 7) is 3.60. The van der Waals surface area contributed by atoms with Crippen LogP contribution in [0.5, 0.6) is 0 Å². The van der Waals surface area contributed by atoms with Gasteiger partial charge in [-0.15, -0.1) is 0 Å². The lowest BCUT2D eigenvalue weighted by Gasteiger charge is -2.33. The van der Waals surface area contributed by atoms with Crippen molar-refractivity contribution in [1.29, 1.82) is 5.26 Å². The Morgan fingerprint density at radius 3 is 2.63 bits per heavy atom. The number of hydrogen-bond donors (Lipinski definition) is 1. The van der Waals surface area contributed by atoms with Gasteiger partial charge in [0.15, 0.2) is 0 Å². The predicted octanol–water partition coefficient (Wildman–Crippen LogP) is 1.04. The molecule has 0 atom stereocenters. The van der Waals surface area contributed by atoms with E-state index in [4.69, 9.17) is 5.26 Å². The summed E-state index contributed by atoms with van der Waals surface area (Å²) in [4.78, 5) is 12.6. The summed E-state index contributed by atoms with van der Waals surface area (Å²) in [5.41, 5.74) is 3.69. The van der Waals surface area contributed by atoms with Crippen LogP contribution in [0.15, 0.2) is 18.2 Å². The highest BCUT2D eigenvalue weighted by atomic mass is 16.6. The number of benzene rings is 1. The van der Waals surface area contributed by atoms with E-state index in [1.54, 1.807) is 6.07 Å². The number of nitrogens with zero attached hydrogens (tertiary/aromatic N) is 4. The number of hydrogen-bond acceptors (Lipinski definition) is 6. The molecule has 0 saturated carbocycles. The van der Waals surface area contributed by atoms with Gasteiger partial charge in [-0.1, -0.05) is 0 Å². The summed E-state index contributed by atoms with van der Waals surface area (Å²) in [6, 6.07) is 6.38. The lowest BCUT2D eigenvalue weighted by atomic mass is 10.2. The molecular weight excluding hydrogens is 246 g/mol. The third kappa shape index (κ3) is 3.19. The fourth-order valence-electron chi connectivity index (χ4n) is 1.95. The van der Waals surface area contributed by atoms with Gasteiger partial charge in [0, 0.05) is 32.2 Å². The van der Waals surface area contributed by atoms with Crippen molar-refractivity contribution < 1.29 is 4.92 Å². The lowest BCUT2D eigenvalue weighted by molar-refractivity contribution is -0.385. The molecule has 1 aromatic rings. The minimum Gasteiger partial charge on any atom is -0.319 e. The van der Waals surface area contributed by atoms with Crippen LogP contribution >= 0.6 is 0 Å². The van der Waals surface area contributed by atoms with Crippen LogP contribution < -0.4 is 5.43 Å². The smallest absolute Gasteiger partial charge is 0.289 e. The minimum atomic E-state index is -0.534. The number of likely N-dealkylation sites (N-methyl/N-ethyl adjacent to an activating group) is 1. The molecule has 7 heteroatoms. The normalized spacial score (nSPS) is 16.8. The summed E-state index contributed by atoms with van der Waals surface area (Å²) < 4.78 is 0. The highest BCUT2D eigenvalue weighted by Crippen LogP contribution is 2.23. The number of hydrazine groups is 1. The Balaban J connectivity index is 2.11. The van der Waals surface area contributed by atoms with E-state index in [2.05, 4.69) is 17.4 Å². The first-order chi connectivity index (χ1) is 9.10. The number of nitro groups is 1. The van der Waals surface area contributed by atoms with E-state index in [-0.39, 0.29) is 11.3 Å². The highest BCUT2D eigenvalue weighted by molar-refractivity contribution is 5.58. The molecule has 19 heavy (non-hydrogen) atoms. The minimum absolute atomic E-state index is 0.0777. The highest BCUT2D eigenvalue weighted by Gasteiger charge is 2.17. The van der Waals surface area contributed by atoms with Crippen LogP contribution in [0.1, 0.15) is 5.56 Å². The number of nitriles is 1. The molecule has 1 N–H and O–H groups in total. The van der Waals surface area contributed by atoms with E-state index in [1.165, 1.54) is 12.1 Å². The maximum absolute atomic E-state index is 10.9. The molecule has 100 valence electrons. The molecule has 1 aliphatic heterocycles. The van der Waals surface area contributed by atoms with Crippen molar-refractivity contribution in [3.05, 3.63) is 33.9 Å². The molecule has 7 nitrogen and oxygen atoms in total. The second kappa shape index (κ2) is 5.65. The molecule has 1 aliphatic rings. The van der Waals surface area contributed by atoms with Crippen LogP contribution in [-0.2, 0) is 0 Å². The van der Waals surface area contributed by atoms with Crippen molar-refractivity contribution >= 4 is 11.4 Å². The van der Waals surface area contributed by atoms with Crippen LogP contribution in [0.25, 0.3) is 0 Å². The van der Waals surface area contributed by atoms with E-state index in [0.717, 1.165) is 26.2 Å². The number of nitrogens with one attached hydrogen (secondary N) is 1. The molecule has 0 radical (unpaired) electrons. The van der Waals surface area contributed by atoms with Crippen molar-refractivity contribution in [1.82, 2.24) is 9.91 Å². The number of anilines is 1. The molecule has 0 amide bonds. The second-order valence-electron chi connectivity index (χ2n) is 4.50. The van der Waals surface area contributed by atoms with Gasteiger partial charge in [0.25, 0.3) is 5.69 Å². The van der Waals surface area contributed by atoms with Crippen LogP contribution in [0.4, 0.5) is 11.4 Å². The number of piperazine rings is 1. The quantitative estimate of drug-likeness (QED) is 0.646. The maximum Gasteiger partial charge on any atom is 0.289 e. The van der Waals surface area contributed by atoms with E-state index in [0.29, 0.717) is 5.69 Å². The lowest BCUT2D eigenvalue weighted by Crippen LogP contribution is -2.46. The maximum atomic E-state index is 10.9. The van der Waals surface area contributed by atoms with Crippen LogP contribution in [0.3, 0.4) is 0 Å². The second-order valence-corrected chi connectivity index (χ2v) is 4.50. The Kier molecular flexibility index (Phi) is 3.94. The van der Waals surface area contributed by atoms with Gasteiger partial charge in [-0.3, -0.25) is 10.1 Å². The van der Waals surface area contributed by atoms with E-state index in [9.17, 15) is 10.1 Å². The van der Waals surface area contributed by atoms with Gasteiger partial charge in [-0.25, -0.2) is 5.01 Å². The molecule has 0 aliphatic carbocycles. The molecule has 1 saturated heterocycles. The molecule has 0 bridgehead atoms. The number of rotatable bonds is 3. The van der Waals surface area contributed by atoms with E-state index < -0.39 is 4.92 Å². The van der Waals surface area contributed by atoms with Gasteiger partial charge in [0.05, 0.1) is 10.6 Å². The van der Waals surface area contributed by atoms with Crippen LogP contribution in [-0.4, -0.2) is 48.1 Å². The average molecular weight is 261 g/mol. The molecule has 2 rings (SSSR count). The Bertz CT molecular complexity index is 517. The van der Waals surface area contributed by atoms with Crippen molar-refractivity contribution in [2.45, 2.75) is 0 Å². The SMILES string of the molecule is CN1CCN(Nc2ccc(C#N)c([N+](=O)[O-])c2)CC1. The third-order valence-corrected chi connectivity index (χ3v) is 3.11. The molecule has 1 fully saturated rings. The Hall–Kier alpha value is -2.17. The fraction of sp³-hybridized carbons (Fsp3) is 0.417. The Morgan fingerprint density at radius 1 is 1.37 bits per heavy atom. The van der Waals surface area contributed by atoms with Gasteiger partial charge < -0.3 is 10.3 Å². The molecule has 0 spiro atoms. The predicted molar refractivity (Wildman–Crippen MR) is 70.5 cm³/mol. The molecule has 1 aromatic carbocycles. The van der Waals surface area contributed by atoms with Gasteiger partial charge in [0.2, 0.25) is 0 Å². The first-order valence-electron chi connectivity index (χ1n) is 5.99. The van der Waals surface area contributed by atoms with Crippen LogP contribution in [0.2, 0.25) is 0 Å². The van der Waals surface area contributed by atoms with Crippen molar-refractivity contribution in [3.63, 3.8) is 0 Å². The summed E-state index contributed by atoms with van der Waals surface area (Å²) >= 11 is 0. The fourth-order valence-corrected chi connectivity index (χ4v) is 1.95. The zero-order valence-electron chi connectivity index (χ0n) is 10.7. The summed E-state index contributed by atoms with van der Waals surface area (Å²) in [6.07, 6.45) is 0. The average Bonchev–Trinajstić information content (AvgIpc) is 2.41. The molecule has 0 aromatic heterocycles.